The van der Waals surface area contributed by atoms with Crippen LogP contribution in [0.4, 0.5) is 0 Å². The van der Waals surface area contributed by atoms with Crippen molar-refractivity contribution < 1.29 is 9.47 Å². The Hall–Kier alpha value is -3.29. The minimum absolute atomic E-state index is 0.222. The molecule has 0 radical (unpaired) electrons. The van der Waals surface area contributed by atoms with E-state index >= 15 is 0 Å². The summed E-state index contributed by atoms with van der Waals surface area (Å²) in [4.78, 5) is 0. The van der Waals surface area contributed by atoms with E-state index in [9.17, 15) is 0 Å². The van der Waals surface area contributed by atoms with Gasteiger partial charge in [0.25, 0.3) is 0 Å². The summed E-state index contributed by atoms with van der Waals surface area (Å²) in [7, 11) is 3.25. The second-order valence-electron chi connectivity index (χ2n) is 11.4. The second-order valence-corrected chi connectivity index (χ2v) is 14.2. The fourth-order valence-electron chi connectivity index (χ4n) is 7.45. The summed E-state index contributed by atoms with van der Waals surface area (Å²) in [5, 5.41) is 4.20. The summed E-state index contributed by atoms with van der Waals surface area (Å²) >= 11 is 0. The standard InChI is InChI=1S/C36H38NO2P/c1-38-33-19-11-20-34(39-2)36(33)25-22-23-29-28-16-7-8-17-30(28)37(32(29)24-25)31-18-9-10-21-35(31)40(26-12-3-4-13-26)27-14-5-6-15-27/h7-11,16-24,26-27H,3-6,12-15H2,1-2H3. The van der Waals surface area contributed by atoms with Crippen LogP contribution in [-0.4, -0.2) is 30.1 Å². The zero-order valence-corrected chi connectivity index (χ0v) is 24.5. The van der Waals surface area contributed by atoms with Gasteiger partial charge in [0.2, 0.25) is 0 Å². The highest BCUT2D eigenvalue weighted by Gasteiger charge is 2.35. The predicted octanol–water partition coefficient (Wildman–Crippen LogP) is 9.46. The first-order valence-corrected chi connectivity index (χ1v) is 16.4. The molecule has 0 atom stereocenters. The van der Waals surface area contributed by atoms with Gasteiger partial charge in [0, 0.05) is 16.1 Å². The molecule has 2 aliphatic carbocycles. The molecule has 4 heteroatoms. The number of ether oxygens (including phenoxy) is 2. The molecule has 0 bridgehead atoms. The Kier molecular flexibility index (Phi) is 7.02. The van der Waals surface area contributed by atoms with Crippen molar-refractivity contribution >= 4 is 35.0 Å². The minimum Gasteiger partial charge on any atom is -0.496 e. The number of hydrogen-bond donors (Lipinski definition) is 0. The van der Waals surface area contributed by atoms with E-state index < -0.39 is 0 Å². The summed E-state index contributed by atoms with van der Waals surface area (Å²) in [6, 6.07) is 31.2. The Morgan fingerprint density at radius 2 is 1.23 bits per heavy atom. The van der Waals surface area contributed by atoms with Gasteiger partial charge < -0.3 is 14.0 Å². The Labute approximate surface area is 238 Å². The van der Waals surface area contributed by atoms with Crippen LogP contribution in [-0.2, 0) is 0 Å². The van der Waals surface area contributed by atoms with Crippen LogP contribution in [0.3, 0.4) is 0 Å². The van der Waals surface area contributed by atoms with E-state index in [1.54, 1.807) is 19.5 Å². The second kappa shape index (κ2) is 10.9. The van der Waals surface area contributed by atoms with E-state index in [4.69, 9.17) is 9.47 Å². The predicted molar refractivity (Wildman–Crippen MR) is 170 cm³/mol. The van der Waals surface area contributed by atoms with Crippen molar-refractivity contribution in [2.75, 3.05) is 14.2 Å². The number of methoxy groups -OCH3 is 2. The smallest absolute Gasteiger partial charge is 0.130 e. The van der Waals surface area contributed by atoms with Gasteiger partial charge in [0.05, 0.1) is 36.5 Å². The average molecular weight is 548 g/mol. The van der Waals surface area contributed by atoms with E-state index in [1.807, 2.05) is 18.2 Å². The molecule has 7 rings (SSSR count). The van der Waals surface area contributed by atoms with Gasteiger partial charge in [-0.15, -0.1) is 0 Å². The molecule has 1 heterocycles. The molecule has 4 aromatic carbocycles. The van der Waals surface area contributed by atoms with Crippen LogP contribution in [0.25, 0.3) is 38.6 Å². The van der Waals surface area contributed by atoms with E-state index in [1.165, 1.54) is 78.9 Å². The fraction of sp³-hybridized carbons (Fsp3) is 0.333. The lowest BCUT2D eigenvalue weighted by Crippen LogP contribution is -2.22. The molecule has 204 valence electrons. The van der Waals surface area contributed by atoms with Gasteiger partial charge in [-0.25, -0.2) is 0 Å². The molecule has 0 spiro atoms. The first-order valence-electron chi connectivity index (χ1n) is 14.9. The zero-order chi connectivity index (χ0) is 27.1. The third-order valence-corrected chi connectivity index (χ3v) is 12.8. The van der Waals surface area contributed by atoms with Crippen LogP contribution in [0, 0.1) is 0 Å². The highest BCUT2D eigenvalue weighted by atomic mass is 31.1. The van der Waals surface area contributed by atoms with Crippen LogP contribution in [0.2, 0.25) is 0 Å². The first-order chi connectivity index (χ1) is 19.8. The number of fused-ring (bicyclic) bond motifs is 3. The number of rotatable bonds is 7. The van der Waals surface area contributed by atoms with Gasteiger partial charge >= 0.3 is 0 Å². The molecule has 2 saturated carbocycles. The van der Waals surface area contributed by atoms with Crippen molar-refractivity contribution in [3.05, 3.63) is 84.9 Å². The molecule has 5 aromatic rings. The highest BCUT2D eigenvalue weighted by Crippen LogP contribution is 2.57. The summed E-state index contributed by atoms with van der Waals surface area (Å²) in [5.74, 6) is 1.65. The van der Waals surface area contributed by atoms with Crippen molar-refractivity contribution in [2.24, 2.45) is 0 Å². The van der Waals surface area contributed by atoms with Crippen LogP contribution < -0.4 is 14.8 Å². The monoisotopic (exact) mass is 547 g/mol. The van der Waals surface area contributed by atoms with E-state index in [-0.39, 0.29) is 7.92 Å². The largest absolute Gasteiger partial charge is 0.496 e. The molecule has 0 unspecified atom stereocenters. The normalized spacial score (nSPS) is 16.5. The molecule has 40 heavy (non-hydrogen) atoms. The molecule has 0 saturated heterocycles. The maximum atomic E-state index is 5.81. The lowest BCUT2D eigenvalue weighted by Gasteiger charge is -2.32. The molecule has 2 aliphatic rings. The van der Waals surface area contributed by atoms with Crippen LogP contribution in [0.1, 0.15) is 51.4 Å². The van der Waals surface area contributed by atoms with E-state index in [2.05, 4.69) is 71.3 Å². The van der Waals surface area contributed by atoms with Gasteiger partial charge in [-0.05, 0) is 72.9 Å². The quantitative estimate of drug-likeness (QED) is 0.189. The van der Waals surface area contributed by atoms with Crippen LogP contribution in [0.5, 0.6) is 11.5 Å². The fourth-order valence-corrected chi connectivity index (χ4v) is 11.4. The summed E-state index contributed by atoms with van der Waals surface area (Å²) in [6.07, 6.45) is 11.2. The van der Waals surface area contributed by atoms with E-state index in [0.29, 0.717) is 0 Å². The highest BCUT2D eigenvalue weighted by molar-refractivity contribution is 7.67. The summed E-state index contributed by atoms with van der Waals surface area (Å²) in [5.41, 5.74) is 7.73. The van der Waals surface area contributed by atoms with Crippen LogP contribution >= 0.6 is 7.92 Å². The first kappa shape index (κ1) is 25.7. The Balaban J connectivity index is 1.49. The van der Waals surface area contributed by atoms with Crippen molar-refractivity contribution in [1.82, 2.24) is 4.57 Å². The molecule has 1 aromatic heterocycles. The zero-order valence-electron chi connectivity index (χ0n) is 23.6. The Morgan fingerprint density at radius 3 is 1.90 bits per heavy atom. The number of hydrogen-bond acceptors (Lipinski definition) is 2. The molecule has 0 N–H and O–H groups in total. The maximum absolute atomic E-state index is 5.81. The summed E-state index contributed by atoms with van der Waals surface area (Å²) in [6.45, 7) is 0. The molecule has 2 fully saturated rings. The maximum Gasteiger partial charge on any atom is 0.130 e. The minimum atomic E-state index is -0.222. The van der Waals surface area contributed by atoms with Gasteiger partial charge in [0.15, 0.2) is 0 Å². The van der Waals surface area contributed by atoms with Crippen molar-refractivity contribution in [1.29, 1.82) is 0 Å². The van der Waals surface area contributed by atoms with Crippen molar-refractivity contribution in [2.45, 2.75) is 62.7 Å². The third kappa shape index (κ3) is 4.31. The number of nitrogens with zero attached hydrogens (tertiary/aromatic N) is 1. The van der Waals surface area contributed by atoms with Gasteiger partial charge in [0.1, 0.15) is 11.5 Å². The number of para-hydroxylation sites is 2. The SMILES string of the molecule is COc1cccc(OC)c1-c1ccc2c3ccccc3n(-c3ccccc3P(C3CCCC3)C3CCCC3)c2c1. The van der Waals surface area contributed by atoms with Gasteiger partial charge in [-0.3, -0.25) is 0 Å². The number of aromatic nitrogens is 1. The topological polar surface area (TPSA) is 23.4 Å². The molecule has 3 nitrogen and oxygen atoms in total. The Bertz CT molecular complexity index is 1620. The van der Waals surface area contributed by atoms with Gasteiger partial charge in [-0.2, -0.15) is 0 Å². The summed E-state index contributed by atoms with van der Waals surface area (Å²) < 4.78 is 14.2. The molecule has 0 amide bonds. The molecular weight excluding hydrogens is 509 g/mol. The third-order valence-electron chi connectivity index (χ3n) is 9.23. The van der Waals surface area contributed by atoms with Crippen molar-refractivity contribution in [3.8, 4) is 28.3 Å². The van der Waals surface area contributed by atoms with E-state index in [0.717, 1.165) is 33.9 Å². The Morgan fingerprint density at radius 1 is 0.625 bits per heavy atom. The molecule has 0 aliphatic heterocycles. The molecular formula is C36H38NO2P. The average Bonchev–Trinajstić information content (AvgIpc) is 3.79. The van der Waals surface area contributed by atoms with Crippen LogP contribution in [0.15, 0.2) is 84.9 Å². The van der Waals surface area contributed by atoms with Gasteiger partial charge in [-0.1, -0.05) is 88.2 Å². The lowest BCUT2D eigenvalue weighted by atomic mass is 10.0. The lowest BCUT2D eigenvalue weighted by molar-refractivity contribution is 0.397. The van der Waals surface area contributed by atoms with Crippen molar-refractivity contribution in [3.63, 3.8) is 0 Å². The number of benzene rings is 4.